The molecule has 0 saturated heterocycles. The Balaban J connectivity index is 2.82. The van der Waals surface area contributed by atoms with E-state index in [1.807, 2.05) is 0 Å². The highest BCUT2D eigenvalue weighted by Crippen LogP contribution is 2.23. The third kappa shape index (κ3) is 2.19. The summed E-state index contributed by atoms with van der Waals surface area (Å²) < 4.78 is 12.4. The summed E-state index contributed by atoms with van der Waals surface area (Å²) in [6, 6.07) is 5.79. The van der Waals surface area contributed by atoms with Gasteiger partial charge in [-0.3, -0.25) is 0 Å². The second-order valence-corrected chi connectivity index (χ2v) is 3.16. The molecule has 0 aliphatic rings. The highest BCUT2D eigenvalue weighted by molar-refractivity contribution is 6.21. The third-order valence-corrected chi connectivity index (χ3v) is 2.23. The van der Waals surface area contributed by atoms with Crippen LogP contribution in [0.25, 0.3) is 0 Å². The van der Waals surface area contributed by atoms with Gasteiger partial charge in [0.2, 0.25) is 0 Å². The molecule has 1 aromatic carbocycles. The SMILES string of the molecule is CC(O)C(Cl)c1ccc(F)cc1. The summed E-state index contributed by atoms with van der Waals surface area (Å²) in [5.41, 5.74) is 0.730. The van der Waals surface area contributed by atoms with Crippen molar-refractivity contribution in [2.75, 3.05) is 0 Å². The Morgan fingerprint density at radius 1 is 1.33 bits per heavy atom. The molecule has 0 aliphatic heterocycles. The molecule has 3 heteroatoms. The van der Waals surface area contributed by atoms with Gasteiger partial charge in [-0.1, -0.05) is 12.1 Å². The first kappa shape index (κ1) is 9.49. The number of alkyl halides is 1. The number of halogens is 2. The normalized spacial score (nSPS) is 15.7. The first-order valence-electron chi connectivity index (χ1n) is 3.69. The second-order valence-electron chi connectivity index (χ2n) is 2.69. The maximum Gasteiger partial charge on any atom is 0.123 e. The average Bonchev–Trinajstić information content (AvgIpc) is 2.04. The number of aliphatic hydroxyl groups is 1. The van der Waals surface area contributed by atoms with Crippen molar-refractivity contribution in [3.05, 3.63) is 35.6 Å². The zero-order valence-electron chi connectivity index (χ0n) is 6.67. The maximum absolute atomic E-state index is 12.4. The molecule has 0 saturated carbocycles. The third-order valence-electron chi connectivity index (χ3n) is 1.61. The number of rotatable bonds is 2. The monoisotopic (exact) mass is 188 g/mol. The topological polar surface area (TPSA) is 20.2 Å². The van der Waals surface area contributed by atoms with Crippen molar-refractivity contribution in [3.63, 3.8) is 0 Å². The van der Waals surface area contributed by atoms with Crippen LogP contribution in [0.5, 0.6) is 0 Å². The fourth-order valence-electron chi connectivity index (χ4n) is 0.925. The van der Waals surface area contributed by atoms with Crippen LogP contribution in [0.3, 0.4) is 0 Å². The molecule has 1 rings (SSSR count). The maximum atomic E-state index is 12.4. The van der Waals surface area contributed by atoms with Crippen molar-refractivity contribution in [1.29, 1.82) is 0 Å². The quantitative estimate of drug-likeness (QED) is 0.707. The lowest BCUT2D eigenvalue weighted by molar-refractivity contribution is 0.190. The van der Waals surface area contributed by atoms with E-state index in [2.05, 4.69) is 0 Å². The predicted octanol–water partition coefficient (Wildman–Crippen LogP) is 2.49. The van der Waals surface area contributed by atoms with E-state index in [1.54, 1.807) is 19.1 Å². The van der Waals surface area contributed by atoms with Crippen LogP contribution in [0, 0.1) is 5.82 Å². The van der Waals surface area contributed by atoms with E-state index in [4.69, 9.17) is 16.7 Å². The van der Waals surface area contributed by atoms with Gasteiger partial charge in [0.25, 0.3) is 0 Å². The van der Waals surface area contributed by atoms with Crippen molar-refractivity contribution in [3.8, 4) is 0 Å². The van der Waals surface area contributed by atoms with Gasteiger partial charge in [-0.25, -0.2) is 4.39 Å². The van der Waals surface area contributed by atoms with Gasteiger partial charge in [0.1, 0.15) is 5.82 Å². The minimum Gasteiger partial charge on any atom is -0.392 e. The first-order chi connectivity index (χ1) is 5.61. The van der Waals surface area contributed by atoms with Crippen molar-refractivity contribution in [2.45, 2.75) is 18.4 Å². The van der Waals surface area contributed by atoms with Crippen molar-refractivity contribution in [1.82, 2.24) is 0 Å². The molecular weight excluding hydrogens is 179 g/mol. The van der Waals surface area contributed by atoms with E-state index < -0.39 is 11.5 Å². The number of hydrogen-bond acceptors (Lipinski definition) is 1. The zero-order valence-corrected chi connectivity index (χ0v) is 7.42. The highest BCUT2D eigenvalue weighted by atomic mass is 35.5. The van der Waals surface area contributed by atoms with Gasteiger partial charge in [0, 0.05) is 0 Å². The lowest BCUT2D eigenvalue weighted by Crippen LogP contribution is -2.08. The number of aliphatic hydroxyl groups excluding tert-OH is 1. The Kier molecular flexibility index (Phi) is 3.06. The number of hydrogen-bond donors (Lipinski definition) is 1. The fraction of sp³-hybridized carbons (Fsp3) is 0.333. The highest BCUT2D eigenvalue weighted by Gasteiger charge is 2.13. The Labute approximate surface area is 75.8 Å². The smallest absolute Gasteiger partial charge is 0.123 e. The zero-order chi connectivity index (χ0) is 9.14. The van der Waals surface area contributed by atoms with Crippen molar-refractivity contribution >= 4 is 11.6 Å². The van der Waals surface area contributed by atoms with Crippen LogP contribution in [-0.2, 0) is 0 Å². The van der Waals surface area contributed by atoms with Crippen molar-refractivity contribution in [2.24, 2.45) is 0 Å². The molecule has 0 heterocycles. The molecule has 0 aliphatic carbocycles. The molecule has 0 amide bonds. The molecule has 1 aromatic rings. The predicted molar refractivity (Wildman–Crippen MR) is 46.7 cm³/mol. The molecular formula is C9H10ClFO. The Bertz CT molecular complexity index is 245. The Morgan fingerprint density at radius 3 is 2.25 bits per heavy atom. The van der Waals surface area contributed by atoms with E-state index in [0.29, 0.717) is 0 Å². The number of benzene rings is 1. The lowest BCUT2D eigenvalue weighted by atomic mass is 10.1. The molecule has 0 radical (unpaired) electrons. The summed E-state index contributed by atoms with van der Waals surface area (Å²) >= 11 is 5.82. The average molecular weight is 189 g/mol. The molecule has 1 nitrogen and oxygen atoms in total. The summed E-state index contributed by atoms with van der Waals surface area (Å²) in [6.45, 7) is 1.60. The van der Waals surface area contributed by atoms with E-state index in [9.17, 15) is 4.39 Å². The Morgan fingerprint density at radius 2 is 1.83 bits per heavy atom. The van der Waals surface area contributed by atoms with Crippen LogP contribution in [0.15, 0.2) is 24.3 Å². The Hall–Kier alpha value is -0.600. The molecule has 66 valence electrons. The van der Waals surface area contributed by atoms with Gasteiger partial charge in [0.15, 0.2) is 0 Å². The second kappa shape index (κ2) is 3.87. The molecule has 1 N–H and O–H groups in total. The van der Waals surface area contributed by atoms with Crippen LogP contribution < -0.4 is 0 Å². The summed E-state index contributed by atoms with van der Waals surface area (Å²) in [4.78, 5) is 0. The fourth-order valence-corrected chi connectivity index (χ4v) is 1.07. The minimum atomic E-state index is -0.628. The van der Waals surface area contributed by atoms with Crippen LogP contribution in [-0.4, -0.2) is 11.2 Å². The molecule has 0 aromatic heterocycles. The molecule has 12 heavy (non-hydrogen) atoms. The largest absolute Gasteiger partial charge is 0.392 e. The van der Waals surface area contributed by atoms with Crippen molar-refractivity contribution < 1.29 is 9.50 Å². The molecule has 2 unspecified atom stereocenters. The van der Waals surface area contributed by atoms with Gasteiger partial charge in [-0.2, -0.15) is 0 Å². The van der Waals surface area contributed by atoms with E-state index >= 15 is 0 Å². The van der Waals surface area contributed by atoms with Gasteiger partial charge in [-0.15, -0.1) is 11.6 Å². The van der Waals surface area contributed by atoms with Crippen LogP contribution in [0.2, 0.25) is 0 Å². The summed E-state index contributed by atoms with van der Waals surface area (Å²) in [5.74, 6) is -0.298. The lowest BCUT2D eigenvalue weighted by Gasteiger charge is -2.11. The van der Waals surface area contributed by atoms with Gasteiger partial charge >= 0.3 is 0 Å². The summed E-state index contributed by atoms with van der Waals surface area (Å²) in [5, 5.41) is 8.65. The molecule has 0 fully saturated rings. The van der Waals surface area contributed by atoms with E-state index in [-0.39, 0.29) is 5.82 Å². The van der Waals surface area contributed by atoms with Gasteiger partial charge in [-0.05, 0) is 24.6 Å². The standard InChI is InChI=1S/C9H10ClFO/c1-6(12)9(10)7-2-4-8(11)5-3-7/h2-6,9,12H,1H3. The molecule has 2 atom stereocenters. The molecule has 0 spiro atoms. The van der Waals surface area contributed by atoms with Crippen LogP contribution in [0.4, 0.5) is 4.39 Å². The van der Waals surface area contributed by atoms with E-state index in [1.165, 1.54) is 12.1 Å². The van der Waals surface area contributed by atoms with Crippen LogP contribution in [0.1, 0.15) is 17.9 Å². The first-order valence-corrected chi connectivity index (χ1v) is 4.12. The van der Waals surface area contributed by atoms with E-state index in [0.717, 1.165) is 5.56 Å². The summed E-state index contributed by atoms with van der Waals surface area (Å²) in [6.07, 6.45) is -0.628. The summed E-state index contributed by atoms with van der Waals surface area (Å²) in [7, 11) is 0. The van der Waals surface area contributed by atoms with Gasteiger partial charge in [0.05, 0.1) is 11.5 Å². The van der Waals surface area contributed by atoms with Crippen LogP contribution >= 0.6 is 11.6 Å². The molecule has 0 bridgehead atoms. The van der Waals surface area contributed by atoms with Gasteiger partial charge < -0.3 is 5.11 Å². The minimum absolute atomic E-state index is 0.298.